The summed E-state index contributed by atoms with van der Waals surface area (Å²) < 4.78 is 2.10. The molecule has 0 radical (unpaired) electrons. The van der Waals surface area contributed by atoms with Gasteiger partial charge in [0, 0.05) is 17.8 Å². The lowest BCUT2D eigenvalue weighted by atomic mass is 10.1. The van der Waals surface area contributed by atoms with Crippen molar-refractivity contribution in [2.24, 2.45) is 0 Å². The number of carbonyl (C=O) groups is 1. The fraction of sp³-hybridized carbons (Fsp3) is 0.267. The van der Waals surface area contributed by atoms with Crippen LogP contribution in [0.2, 0.25) is 0 Å². The lowest BCUT2D eigenvalue weighted by molar-refractivity contribution is 0.101. The predicted octanol–water partition coefficient (Wildman–Crippen LogP) is 3.27. The molecule has 0 amide bonds. The van der Waals surface area contributed by atoms with Crippen LogP contribution in [0.1, 0.15) is 29.9 Å². The Morgan fingerprint density at radius 2 is 1.89 bits per heavy atom. The van der Waals surface area contributed by atoms with E-state index in [9.17, 15) is 4.79 Å². The van der Waals surface area contributed by atoms with Gasteiger partial charge in [-0.05, 0) is 20.8 Å². The van der Waals surface area contributed by atoms with Crippen molar-refractivity contribution < 1.29 is 4.79 Å². The van der Waals surface area contributed by atoms with Crippen molar-refractivity contribution in [1.82, 2.24) is 4.57 Å². The zero-order valence-corrected chi connectivity index (χ0v) is 11.0. The van der Waals surface area contributed by atoms with Crippen molar-refractivity contribution in [3.63, 3.8) is 0 Å². The number of aromatic nitrogens is 1. The van der Waals surface area contributed by atoms with E-state index in [2.05, 4.69) is 11.5 Å². The van der Waals surface area contributed by atoms with Gasteiger partial charge in [-0.2, -0.15) is 0 Å². The van der Waals surface area contributed by atoms with Crippen LogP contribution in [-0.2, 0) is 6.54 Å². The molecule has 0 bridgehead atoms. The lowest BCUT2D eigenvalue weighted by Crippen LogP contribution is -2.01. The van der Waals surface area contributed by atoms with E-state index < -0.39 is 0 Å². The van der Waals surface area contributed by atoms with Gasteiger partial charge in [-0.15, -0.1) is 0 Å². The van der Waals surface area contributed by atoms with Gasteiger partial charge in [-0.3, -0.25) is 4.79 Å². The van der Waals surface area contributed by atoms with Gasteiger partial charge in [-0.1, -0.05) is 30.3 Å². The normalized spacial score (nSPS) is 10.6. The number of ketones is 1. The molecular formula is C15H18N2O. The molecule has 0 saturated heterocycles. The molecule has 0 fully saturated rings. The van der Waals surface area contributed by atoms with E-state index in [1.165, 1.54) is 0 Å². The first-order valence-electron chi connectivity index (χ1n) is 6.12. The van der Waals surface area contributed by atoms with Crippen molar-refractivity contribution in [1.29, 1.82) is 0 Å². The van der Waals surface area contributed by atoms with Gasteiger partial charge in [0.25, 0.3) is 0 Å². The summed E-state index contributed by atoms with van der Waals surface area (Å²) in [6, 6.07) is 9.95. The molecule has 0 atom stereocenters. The van der Waals surface area contributed by atoms with Gasteiger partial charge in [0.1, 0.15) is 0 Å². The maximum absolute atomic E-state index is 11.7. The van der Waals surface area contributed by atoms with E-state index in [0.717, 1.165) is 23.5 Å². The topological polar surface area (TPSA) is 48.0 Å². The third-order valence-electron chi connectivity index (χ3n) is 3.28. The van der Waals surface area contributed by atoms with Gasteiger partial charge >= 0.3 is 0 Å². The Bertz CT molecular complexity index is 582. The monoisotopic (exact) mass is 242 g/mol. The Labute approximate surface area is 107 Å². The van der Waals surface area contributed by atoms with Crippen LogP contribution in [0.15, 0.2) is 30.3 Å². The molecule has 0 aliphatic rings. The van der Waals surface area contributed by atoms with Crippen molar-refractivity contribution in [2.75, 3.05) is 5.73 Å². The van der Waals surface area contributed by atoms with Crippen LogP contribution in [0, 0.1) is 6.92 Å². The second kappa shape index (κ2) is 4.69. The molecule has 0 saturated carbocycles. The minimum absolute atomic E-state index is 0.0226. The summed E-state index contributed by atoms with van der Waals surface area (Å²) in [5, 5.41) is 0. The molecule has 0 aliphatic carbocycles. The molecule has 2 N–H and O–H groups in total. The Kier molecular flexibility index (Phi) is 3.24. The Hall–Kier alpha value is -2.03. The summed E-state index contributed by atoms with van der Waals surface area (Å²) in [6.45, 7) is 6.37. The molecule has 0 aliphatic heterocycles. The van der Waals surface area contributed by atoms with Gasteiger partial charge in [0.15, 0.2) is 5.78 Å². The van der Waals surface area contributed by atoms with Crippen molar-refractivity contribution in [3.05, 3.63) is 41.6 Å². The van der Waals surface area contributed by atoms with Crippen LogP contribution in [-0.4, -0.2) is 10.4 Å². The van der Waals surface area contributed by atoms with Gasteiger partial charge in [-0.25, -0.2) is 0 Å². The number of nitrogen functional groups attached to an aromatic ring is 1. The highest BCUT2D eigenvalue weighted by molar-refractivity contribution is 6.04. The summed E-state index contributed by atoms with van der Waals surface area (Å²) in [7, 11) is 0. The largest absolute Gasteiger partial charge is 0.396 e. The van der Waals surface area contributed by atoms with E-state index in [1.807, 2.05) is 37.3 Å². The SMILES string of the molecule is CCn1c(C)c(C(C)=O)c(N)c1-c1ccccc1. The first-order valence-corrected chi connectivity index (χ1v) is 6.12. The molecule has 2 aromatic rings. The second-order valence-electron chi connectivity index (χ2n) is 4.39. The second-order valence-corrected chi connectivity index (χ2v) is 4.39. The van der Waals surface area contributed by atoms with Crippen LogP contribution in [0.4, 0.5) is 5.69 Å². The highest BCUT2D eigenvalue weighted by atomic mass is 16.1. The first-order chi connectivity index (χ1) is 8.57. The zero-order chi connectivity index (χ0) is 13.3. The van der Waals surface area contributed by atoms with E-state index in [4.69, 9.17) is 5.73 Å². The number of benzene rings is 1. The number of carbonyl (C=O) groups excluding carboxylic acids is 1. The lowest BCUT2D eigenvalue weighted by Gasteiger charge is -2.09. The summed E-state index contributed by atoms with van der Waals surface area (Å²) in [4.78, 5) is 11.7. The maximum Gasteiger partial charge on any atom is 0.163 e. The molecular weight excluding hydrogens is 224 g/mol. The number of hydrogen-bond acceptors (Lipinski definition) is 2. The van der Waals surface area contributed by atoms with Crippen LogP contribution in [0.5, 0.6) is 0 Å². The number of rotatable bonds is 3. The quantitative estimate of drug-likeness (QED) is 0.840. The predicted molar refractivity (Wildman–Crippen MR) is 74.7 cm³/mol. The van der Waals surface area contributed by atoms with E-state index in [0.29, 0.717) is 11.3 Å². The molecule has 0 spiro atoms. The Balaban J connectivity index is 2.75. The average Bonchev–Trinajstić information content (AvgIpc) is 2.61. The molecule has 1 heterocycles. The van der Waals surface area contributed by atoms with Gasteiger partial charge in [0.05, 0.1) is 16.9 Å². The minimum Gasteiger partial charge on any atom is -0.396 e. The number of nitrogens with two attached hydrogens (primary N) is 1. The molecule has 3 heteroatoms. The minimum atomic E-state index is 0.0226. The third kappa shape index (κ3) is 1.82. The fourth-order valence-electron chi connectivity index (χ4n) is 2.51. The summed E-state index contributed by atoms with van der Waals surface area (Å²) in [5.74, 6) is 0.0226. The standard InChI is InChI=1S/C15H18N2O/c1-4-17-10(2)13(11(3)18)14(16)15(17)12-8-6-5-7-9-12/h5-9H,4,16H2,1-3H3. The number of nitrogens with zero attached hydrogens (tertiary/aromatic N) is 1. The summed E-state index contributed by atoms with van der Waals surface area (Å²) in [5.41, 5.74) is 10.4. The smallest absolute Gasteiger partial charge is 0.163 e. The molecule has 0 unspecified atom stereocenters. The van der Waals surface area contributed by atoms with Crippen LogP contribution in [0.3, 0.4) is 0 Å². The van der Waals surface area contributed by atoms with E-state index >= 15 is 0 Å². The van der Waals surface area contributed by atoms with Crippen molar-refractivity contribution in [2.45, 2.75) is 27.3 Å². The molecule has 1 aromatic carbocycles. The maximum atomic E-state index is 11.7. The highest BCUT2D eigenvalue weighted by Gasteiger charge is 2.20. The Morgan fingerprint density at radius 3 is 2.39 bits per heavy atom. The number of hydrogen-bond donors (Lipinski definition) is 1. The molecule has 1 aromatic heterocycles. The fourth-order valence-corrected chi connectivity index (χ4v) is 2.51. The molecule has 3 nitrogen and oxygen atoms in total. The highest BCUT2D eigenvalue weighted by Crippen LogP contribution is 2.34. The van der Waals surface area contributed by atoms with Crippen LogP contribution in [0.25, 0.3) is 11.3 Å². The Morgan fingerprint density at radius 1 is 1.28 bits per heavy atom. The van der Waals surface area contributed by atoms with Gasteiger partial charge in [0.2, 0.25) is 0 Å². The van der Waals surface area contributed by atoms with Gasteiger partial charge < -0.3 is 10.3 Å². The zero-order valence-electron chi connectivity index (χ0n) is 11.0. The molecule has 94 valence electrons. The van der Waals surface area contributed by atoms with Crippen molar-refractivity contribution in [3.8, 4) is 11.3 Å². The van der Waals surface area contributed by atoms with E-state index in [-0.39, 0.29) is 5.78 Å². The molecule has 18 heavy (non-hydrogen) atoms. The number of Topliss-reactive ketones (excluding diaryl/α,β-unsaturated/α-hetero) is 1. The van der Waals surface area contributed by atoms with E-state index in [1.54, 1.807) is 6.92 Å². The van der Waals surface area contributed by atoms with Crippen LogP contribution < -0.4 is 5.73 Å². The number of anilines is 1. The molecule has 2 rings (SSSR count). The van der Waals surface area contributed by atoms with Crippen molar-refractivity contribution >= 4 is 11.5 Å². The summed E-state index contributed by atoms with van der Waals surface area (Å²) >= 11 is 0. The first kappa shape index (κ1) is 12.4. The average molecular weight is 242 g/mol. The summed E-state index contributed by atoms with van der Waals surface area (Å²) in [6.07, 6.45) is 0. The third-order valence-corrected chi connectivity index (χ3v) is 3.28. The van der Waals surface area contributed by atoms with Crippen LogP contribution >= 0.6 is 0 Å².